The zero-order valence-electron chi connectivity index (χ0n) is 12.5. The molecule has 0 spiro atoms. The third-order valence-electron chi connectivity index (χ3n) is 4.25. The fourth-order valence-corrected chi connectivity index (χ4v) is 3.05. The van der Waals surface area contributed by atoms with Crippen molar-refractivity contribution in [2.75, 3.05) is 11.4 Å². The summed E-state index contributed by atoms with van der Waals surface area (Å²) in [6, 6.07) is 7.34. The first-order valence-electron chi connectivity index (χ1n) is 7.51. The van der Waals surface area contributed by atoms with Crippen molar-refractivity contribution in [3.05, 3.63) is 29.8 Å². The highest BCUT2D eigenvalue weighted by molar-refractivity contribution is 6.05. The number of carbonyl (C=O) groups excluding carboxylic acids is 3. The average molecular weight is 301 g/mol. The smallest absolute Gasteiger partial charge is 0.240 e. The Morgan fingerprint density at radius 1 is 1.36 bits per heavy atom. The fraction of sp³-hybridized carbons (Fsp3) is 0.438. The van der Waals surface area contributed by atoms with Crippen LogP contribution in [-0.2, 0) is 20.8 Å². The monoisotopic (exact) mass is 301 g/mol. The first-order valence-corrected chi connectivity index (χ1v) is 7.51. The van der Waals surface area contributed by atoms with E-state index in [0.29, 0.717) is 19.3 Å². The number of hydrogen-bond donors (Lipinski definition) is 2. The largest absolute Gasteiger partial charge is 0.352 e. The van der Waals surface area contributed by atoms with Crippen LogP contribution >= 0.6 is 0 Å². The first kappa shape index (κ1) is 14.6. The van der Waals surface area contributed by atoms with Gasteiger partial charge in [-0.05, 0) is 25.0 Å². The molecule has 3 amide bonds. The summed E-state index contributed by atoms with van der Waals surface area (Å²) in [7, 11) is 0. The lowest BCUT2D eigenvalue weighted by molar-refractivity contribution is -0.126. The molecule has 2 atom stereocenters. The molecule has 6 heteroatoms. The van der Waals surface area contributed by atoms with Crippen molar-refractivity contribution in [3.63, 3.8) is 0 Å². The zero-order chi connectivity index (χ0) is 15.7. The molecule has 116 valence electrons. The normalized spacial score (nSPS) is 24.0. The molecule has 0 aliphatic carbocycles. The molecular formula is C16H19N3O3. The van der Waals surface area contributed by atoms with Gasteiger partial charge < -0.3 is 15.5 Å². The van der Waals surface area contributed by atoms with E-state index in [1.54, 1.807) is 0 Å². The predicted molar refractivity (Wildman–Crippen MR) is 81.3 cm³/mol. The number of fused-ring (bicyclic) bond motifs is 1. The minimum atomic E-state index is -0.196. The molecule has 1 fully saturated rings. The molecule has 0 bridgehead atoms. The highest BCUT2D eigenvalue weighted by Crippen LogP contribution is 2.27. The van der Waals surface area contributed by atoms with Crippen molar-refractivity contribution in [2.45, 2.75) is 38.3 Å². The lowest BCUT2D eigenvalue weighted by atomic mass is 9.99. The number of piperidine rings is 1. The van der Waals surface area contributed by atoms with Crippen molar-refractivity contribution < 1.29 is 14.4 Å². The molecule has 2 N–H and O–H groups in total. The summed E-state index contributed by atoms with van der Waals surface area (Å²) in [5.74, 6) is -0.235. The van der Waals surface area contributed by atoms with Gasteiger partial charge in [0, 0.05) is 24.2 Å². The summed E-state index contributed by atoms with van der Waals surface area (Å²) in [6.45, 7) is 1.89. The van der Waals surface area contributed by atoms with Gasteiger partial charge in [0.05, 0.1) is 6.42 Å². The van der Waals surface area contributed by atoms with E-state index < -0.39 is 0 Å². The Morgan fingerprint density at radius 2 is 2.14 bits per heavy atom. The molecule has 0 aromatic heterocycles. The summed E-state index contributed by atoms with van der Waals surface area (Å²) in [6.07, 6.45) is 1.39. The molecule has 1 saturated heterocycles. The van der Waals surface area contributed by atoms with Gasteiger partial charge in [-0.15, -0.1) is 0 Å². The molecule has 2 aliphatic heterocycles. The van der Waals surface area contributed by atoms with E-state index in [1.807, 2.05) is 31.2 Å². The lowest BCUT2D eigenvalue weighted by Crippen LogP contribution is -2.55. The van der Waals surface area contributed by atoms with Crippen LogP contribution in [0.5, 0.6) is 0 Å². The van der Waals surface area contributed by atoms with E-state index in [1.165, 1.54) is 4.90 Å². The fourth-order valence-electron chi connectivity index (χ4n) is 3.05. The zero-order valence-corrected chi connectivity index (χ0v) is 12.5. The minimum absolute atomic E-state index is 0.0154. The summed E-state index contributed by atoms with van der Waals surface area (Å²) in [5, 5.41) is 5.74. The van der Waals surface area contributed by atoms with Crippen molar-refractivity contribution in [2.24, 2.45) is 0 Å². The third-order valence-corrected chi connectivity index (χ3v) is 4.25. The number of hydrogen-bond acceptors (Lipinski definition) is 3. The number of carbonyl (C=O) groups is 3. The number of para-hydroxylation sites is 1. The van der Waals surface area contributed by atoms with Crippen LogP contribution in [0.1, 0.15) is 25.3 Å². The maximum absolute atomic E-state index is 12.2. The SMILES string of the molecule is CC1NC(=O)CCC1NC(=O)CN1C(=O)Cc2ccccc21. The second-order valence-electron chi connectivity index (χ2n) is 5.85. The van der Waals surface area contributed by atoms with Crippen LogP contribution in [0.15, 0.2) is 24.3 Å². The van der Waals surface area contributed by atoms with Gasteiger partial charge in [-0.1, -0.05) is 18.2 Å². The number of anilines is 1. The van der Waals surface area contributed by atoms with Crippen LogP contribution in [0.4, 0.5) is 5.69 Å². The number of amides is 3. The van der Waals surface area contributed by atoms with Gasteiger partial charge in [0.25, 0.3) is 0 Å². The van der Waals surface area contributed by atoms with Crippen molar-refractivity contribution in [1.82, 2.24) is 10.6 Å². The average Bonchev–Trinajstić information content (AvgIpc) is 2.78. The van der Waals surface area contributed by atoms with Gasteiger partial charge in [0.2, 0.25) is 17.7 Å². The quantitative estimate of drug-likeness (QED) is 0.846. The Labute approximate surface area is 128 Å². The van der Waals surface area contributed by atoms with Crippen molar-refractivity contribution in [3.8, 4) is 0 Å². The number of nitrogens with one attached hydrogen (secondary N) is 2. The molecule has 2 unspecified atom stereocenters. The molecule has 0 radical (unpaired) electrons. The third kappa shape index (κ3) is 2.81. The summed E-state index contributed by atoms with van der Waals surface area (Å²) < 4.78 is 0. The molecule has 1 aromatic rings. The van der Waals surface area contributed by atoms with Crippen LogP contribution in [0.3, 0.4) is 0 Å². The van der Waals surface area contributed by atoms with Crippen molar-refractivity contribution in [1.29, 1.82) is 0 Å². The van der Waals surface area contributed by atoms with Crippen LogP contribution < -0.4 is 15.5 Å². The Kier molecular flexibility index (Phi) is 3.83. The molecule has 22 heavy (non-hydrogen) atoms. The summed E-state index contributed by atoms with van der Waals surface area (Å²) in [4.78, 5) is 37.1. The Balaban J connectivity index is 1.63. The highest BCUT2D eigenvalue weighted by Gasteiger charge is 2.31. The number of nitrogens with zero attached hydrogens (tertiary/aromatic N) is 1. The van der Waals surface area contributed by atoms with E-state index in [-0.39, 0.29) is 36.3 Å². The standard InChI is InChI=1S/C16H19N3O3/c1-10-12(6-7-14(20)17-10)18-15(21)9-19-13-5-3-2-4-11(13)8-16(19)22/h2-5,10,12H,6-9H2,1H3,(H,17,20)(H,18,21). The summed E-state index contributed by atoms with van der Waals surface area (Å²) in [5.41, 5.74) is 1.77. The van der Waals surface area contributed by atoms with E-state index in [0.717, 1.165) is 11.3 Å². The summed E-state index contributed by atoms with van der Waals surface area (Å²) >= 11 is 0. The van der Waals surface area contributed by atoms with Gasteiger partial charge >= 0.3 is 0 Å². The van der Waals surface area contributed by atoms with Crippen LogP contribution in [-0.4, -0.2) is 36.3 Å². The topological polar surface area (TPSA) is 78.5 Å². The number of benzene rings is 1. The Morgan fingerprint density at radius 3 is 2.91 bits per heavy atom. The van der Waals surface area contributed by atoms with E-state index in [9.17, 15) is 14.4 Å². The van der Waals surface area contributed by atoms with Gasteiger partial charge in [0.1, 0.15) is 6.54 Å². The van der Waals surface area contributed by atoms with Crippen LogP contribution in [0.25, 0.3) is 0 Å². The molecular weight excluding hydrogens is 282 g/mol. The Bertz CT molecular complexity index is 629. The van der Waals surface area contributed by atoms with E-state index in [2.05, 4.69) is 10.6 Å². The van der Waals surface area contributed by atoms with Gasteiger partial charge in [0.15, 0.2) is 0 Å². The van der Waals surface area contributed by atoms with E-state index >= 15 is 0 Å². The first-order chi connectivity index (χ1) is 10.5. The molecule has 0 saturated carbocycles. The maximum Gasteiger partial charge on any atom is 0.240 e. The van der Waals surface area contributed by atoms with Crippen LogP contribution in [0.2, 0.25) is 0 Å². The molecule has 2 heterocycles. The van der Waals surface area contributed by atoms with Crippen LogP contribution in [0, 0.1) is 0 Å². The van der Waals surface area contributed by atoms with Gasteiger partial charge in [-0.25, -0.2) is 0 Å². The molecule has 2 aliphatic rings. The second kappa shape index (κ2) is 5.79. The predicted octanol–water partition coefficient (Wildman–Crippen LogP) is 0.359. The maximum atomic E-state index is 12.2. The van der Waals surface area contributed by atoms with Gasteiger partial charge in [-0.2, -0.15) is 0 Å². The van der Waals surface area contributed by atoms with Gasteiger partial charge in [-0.3, -0.25) is 14.4 Å². The molecule has 1 aromatic carbocycles. The Hall–Kier alpha value is -2.37. The number of rotatable bonds is 3. The molecule has 6 nitrogen and oxygen atoms in total. The minimum Gasteiger partial charge on any atom is -0.352 e. The van der Waals surface area contributed by atoms with Crippen molar-refractivity contribution >= 4 is 23.4 Å². The second-order valence-corrected chi connectivity index (χ2v) is 5.85. The van der Waals surface area contributed by atoms with E-state index in [4.69, 9.17) is 0 Å². The highest BCUT2D eigenvalue weighted by atomic mass is 16.2. The molecule has 3 rings (SSSR count). The lowest BCUT2D eigenvalue weighted by Gasteiger charge is -2.30.